The number of amides is 2. The number of Topliss-reactive ketones (excluding diaryl/α,β-unsaturated/α-hetero) is 1. The first-order chi connectivity index (χ1) is 13.5. The van der Waals surface area contributed by atoms with Crippen LogP contribution >= 0.6 is 11.6 Å². The van der Waals surface area contributed by atoms with E-state index in [0.29, 0.717) is 49.7 Å². The van der Waals surface area contributed by atoms with E-state index in [1.54, 1.807) is 17.0 Å². The second kappa shape index (κ2) is 7.64. The van der Waals surface area contributed by atoms with Gasteiger partial charge in [0.1, 0.15) is 5.78 Å². The van der Waals surface area contributed by atoms with Crippen molar-refractivity contribution in [2.24, 2.45) is 0 Å². The molecule has 1 aliphatic carbocycles. The lowest BCUT2D eigenvalue weighted by molar-refractivity contribution is -0.143. The summed E-state index contributed by atoms with van der Waals surface area (Å²) in [5.41, 5.74) is 3.51. The molecular formula is C21H20ClN3O3. The van der Waals surface area contributed by atoms with Crippen molar-refractivity contribution in [2.45, 2.75) is 12.8 Å². The molecule has 2 amide bonds. The van der Waals surface area contributed by atoms with Gasteiger partial charge in [-0.3, -0.25) is 14.4 Å². The van der Waals surface area contributed by atoms with E-state index in [1.807, 2.05) is 30.3 Å². The van der Waals surface area contributed by atoms with E-state index in [9.17, 15) is 14.4 Å². The van der Waals surface area contributed by atoms with E-state index in [-0.39, 0.29) is 5.78 Å². The lowest BCUT2D eigenvalue weighted by Gasteiger charge is -2.35. The van der Waals surface area contributed by atoms with Gasteiger partial charge in [-0.05, 0) is 47.5 Å². The predicted molar refractivity (Wildman–Crippen MR) is 108 cm³/mol. The maximum atomic E-state index is 12.5. The fourth-order valence-corrected chi connectivity index (χ4v) is 3.80. The zero-order valence-electron chi connectivity index (χ0n) is 15.3. The van der Waals surface area contributed by atoms with Gasteiger partial charge in [0.15, 0.2) is 0 Å². The molecule has 4 rings (SSSR count). The third-order valence-electron chi connectivity index (χ3n) is 5.19. The van der Waals surface area contributed by atoms with Gasteiger partial charge in [0.05, 0.1) is 0 Å². The lowest BCUT2D eigenvalue weighted by Crippen LogP contribution is -2.51. The van der Waals surface area contributed by atoms with Crippen LogP contribution in [-0.4, -0.2) is 48.7 Å². The summed E-state index contributed by atoms with van der Waals surface area (Å²) in [5, 5.41) is 3.35. The van der Waals surface area contributed by atoms with Crippen molar-refractivity contribution in [1.82, 2.24) is 4.90 Å². The summed E-state index contributed by atoms with van der Waals surface area (Å²) < 4.78 is 0. The van der Waals surface area contributed by atoms with Crippen LogP contribution in [0.4, 0.5) is 11.4 Å². The fraction of sp³-hybridized carbons (Fsp3) is 0.286. The first kappa shape index (κ1) is 18.5. The van der Waals surface area contributed by atoms with Crippen molar-refractivity contribution in [3.63, 3.8) is 0 Å². The summed E-state index contributed by atoms with van der Waals surface area (Å²) in [5.74, 6) is -1.01. The van der Waals surface area contributed by atoms with E-state index in [0.717, 1.165) is 16.8 Å². The van der Waals surface area contributed by atoms with Gasteiger partial charge in [-0.2, -0.15) is 0 Å². The van der Waals surface area contributed by atoms with Gasteiger partial charge in [-0.25, -0.2) is 0 Å². The zero-order valence-corrected chi connectivity index (χ0v) is 16.0. The summed E-state index contributed by atoms with van der Waals surface area (Å²) >= 11 is 5.92. The molecule has 28 heavy (non-hydrogen) atoms. The zero-order chi connectivity index (χ0) is 19.7. The van der Waals surface area contributed by atoms with Crippen molar-refractivity contribution in [3.8, 4) is 0 Å². The normalized spacial score (nSPS) is 16.1. The van der Waals surface area contributed by atoms with Crippen LogP contribution in [0.1, 0.15) is 11.1 Å². The Labute approximate surface area is 168 Å². The quantitative estimate of drug-likeness (QED) is 0.789. The molecule has 1 aliphatic heterocycles. The van der Waals surface area contributed by atoms with Crippen molar-refractivity contribution in [2.75, 3.05) is 36.4 Å². The molecule has 6 nitrogen and oxygen atoms in total. The molecule has 1 fully saturated rings. The number of nitrogens with one attached hydrogen (secondary N) is 1. The molecule has 1 N–H and O–H groups in total. The molecule has 0 saturated carbocycles. The summed E-state index contributed by atoms with van der Waals surface area (Å²) in [6, 6.07) is 12.9. The third kappa shape index (κ3) is 3.87. The molecule has 2 aromatic carbocycles. The van der Waals surface area contributed by atoms with E-state index in [2.05, 4.69) is 10.2 Å². The van der Waals surface area contributed by atoms with Crippen molar-refractivity contribution < 1.29 is 14.4 Å². The first-order valence-electron chi connectivity index (χ1n) is 9.24. The molecule has 0 unspecified atom stereocenters. The van der Waals surface area contributed by atoms with E-state index >= 15 is 0 Å². The van der Waals surface area contributed by atoms with Crippen molar-refractivity contribution in [3.05, 3.63) is 58.6 Å². The lowest BCUT2D eigenvalue weighted by atomic mass is 10.1. The van der Waals surface area contributed by atoms with E-state index in [4.69, 9.17) is 11.6 Å². The molecule has 0 radical (unpaired) electrons. The highest BCUT2D eigenvalue weighted by Crippen LogP contribution is 2.23. The number of carbonyl (C=O) groups is 3. The second-order valence-electron chi connectivity index (χ2n) is 7.09. The molecule has 2 aromatic rings. The molecular weight excluding hydrogens is 378 g/mol. The maximum Gasteiger partial charge on any atom is 0.313 e. The van der Waals surface area contributed by atoms with Crippen LogP contribution in [0.2, 0.25) is 5.02 Å². The van der Waals surface area contributed by atoms with Crippen LogP contribution in [0, 0.1) is 0 Å². The standard InChI is InChI=1S/C21H20ClN3O3/c22-16-2-5-18(6-3-16)24-7-9-25(10-8-24)21(28)20(27)23-17-4-1-14-12-19(26)13-15(14)11-17/h1-6,11H,7-10,12-13H2,(H,23,27). The largest absolute Gasteiger partial charge is 0.368 e. The molecule has 7 heteroatoms. The fourth-order valence-electron chi connectivity index (χ4n) is 3.68. The topological polar surface area (TPSA) is 69.7 Å². The maximum absolute atomic E-state index is 12.5. The molecule has 1 saturated heterocycles. The summed E-state index contributed by atoms with van der Waals surface area (Å²) in [7, 11) is 0. The van der Waals surface area contributed by atoms with Gasteiger partial charge in [0.2, 0.25) is 0 Å². The smallest absolute Gasteiger partial charge is 0.313 e. The van der Waals surface area contributed by atoms with Crippen LogP contribution in [0.3, 0.4) is 0 Å². The number of rotatable bonds is 2. The number of halogens is 1. The summed E-state index contributed by atoms with van der Waals surface area (Å²) in [6.07, 6.45) is 0.833. The number of piperazine rings is 1. The van der Waals surface area contributed by atoms with Gasteiger partial charge < -0.3 is 15.1 Å². The average molecular weight is 398 g/mol. The molecule has 1 heterocycles. The van der Waals surface area contributed by atoms with Crippen LogP contribution in [-0.2, 0) is 27.2 Å². The number of nitrogens with zero attached hydrogens (tertiary/aromatic N) is 2. The monoisotopic (exact) mass is 397 g/mol. The number of fused-ring (bicyclic) bond motifs is 1. The van der Waals surface area contributed by atoms with E-state index < -0.39 is 11.8 Å². The Morgan fingerprint density at radius 1 is 0.893 bits per heavy atom. The Morgan fingerprint density at radius 2 is 1.57 bits per heavy atom. The highest BCUT2D eigenvalue weighted by atomic mass is 35.5. The number of benzene rings is 2. The van der Waals surface area contributed by atoms with Crippen LogP contribution < -0.4 is 10.2 Å². The molecule has 0 aromatic heterocycles. The van der Waals surface area contributed by atoms with Crippen LogP contribution in [0.15, 0.2) is 42.5 Å². The number of hydrogen-bond donors (Lipinski definition) is 1. The number of ketones is 1. The minimum Gasteiger partial charge on any atom is -0.368 e. The molecule has 144 valence electrons. The van der Waals surface area contributed by atoms with Gasteiger partial charge in [0.25, 0.3) is 0 Å². The van der Waals surface area contributed by atoms with Gasteiger partial charge in [-0.1, -0.05) is 17.7 Å². The predicted octanol–water partition coefficient (Wildman–Crippen LogP) is 2.30. The average Bonchev–Trinajstić information content (AvgIpc) is 3.07. The highest BCUT2D eigenvalue weighted by Gasteiger charge is 2.27. The van der Waals surface area contributed by atoms with Crippen LogP contribution in [0.5, 0.6) is 0 Å². The van der Waals surface area contributed by atoms with Crippen molar-refractivity contribution >= 4 is 40.6 Å². The first-order valence-corrected chi connectivity index (χ1v) is 9.62. The Kier molecular flexibility index (Phi) is 5.05. The molecule has 0 bridgehead atoms. The van der Waals surface area contributed by atoms with Gasteiger partial charge >= 0.3 is 11.8 Å². The SMILES string of the molecule is O=C1Cc2ccc(NC(=O)C(=O)N3CCN(c4ccc(Cl)cc4)CC3)cc2C1. The highest BCUT2D eigenvalue weighted by molar-refractivity contribution is 6.39. The molecule has 2 aliphatic rings. The second-order valence-corrected chi connectivity index (χ2v) is 7.52. The Bertz CT molecular complexity index is 934. The van der Waals surface area contributed by atoms with Gasteiger partial charge in [0, 0.05) is 55.4 Å². The summed E-state index contributed by atoms with van der Waals surface area (Å²) in [4.78, 5) is 40.1. The minimum atomic E-state index is -0.649. The summed E-state index contributed by atoms with van der Waals surface area (Å²) in [6.45, 7) is 2.27. The van der Waals surface area contributed by atoms with Crippen LogP contribution in [0.25, 0.3) is 0 Å². The Morgan fingerprint density at radius 3 is 2.29 bits per heavy atom. The van der Waals surface area contributed by atoms with Crippen molar-refractivity contribution in [1.29, 1.82) is 0 Å². The number of anilines is 2. The number of hydrogen-bond acceptors (Lipinski definition) is 4. The number of carbonyl (C=O) groups excluding carboxylic acids is 3. The third-order valence-corrected chi connectivity index (χ3v) is 5.44. The van der Waals surface area contributed by atoms with Gasteiger partial charge in [-0.15, -0.1) is 0 Å². The Hall–Kier alpha value is -2.86. The Balaban J connectivity index is 1.34. The molecule has 0 spiro atoms. The van der Waals surface area contributed by atoms with E-state index in [1.165, 1.54) is 0 Å². The minimum absolute atomic E-state index is 0.174. The molecule has 0 atom stereocenters.